The summed E-state index contributed by atoms with van der Waals surface area (Å²) in [6.45, 7) is 16.7. The SMILES string of the molecule is CC(C)(C)OC(=O)N1CCN(c2cccc3[nH]ccc23)CC1.CC(C)(C)OC(=O)N1CCN(c2cccc3c2ccn3S(=O)(=O)c2ccccc2)CC1. The molecule has 53 heavy (non-hydrogen) atoms. The van der Waals surface area contributed by atoms with E-state index in [1.165, 1.54) is 15.0 Å². The van der Waals surface area contributed by atoms with Gasteiger partial charge in [0.05, 0.1) is 10.4 Å². The van der Waals surface area contributed by atoms with E-state index in [2.05, 4.69) is 39.0 Å². The maximum atomic E-state index is 13.1. The van der Waals surface area contributed by atoms with Crippen LogP contribution >= 0.6 is 0 Å². The zero-order chi connectivity index (χ0) is 38.0. The van der Waals surface area contributed by atoms with Gasteiger partial charge in [-0.25, -0.2) is 22.0 Å². The molecule has 12 nitrogen and oxygen atoms in total. The molecule has 0 atom stereocenters. The average Bonchev–Trinajstić information content (AvgIpc) is 3.79. The summed E-state index contributed by atoms with van der Waals surface area (Å²) in [5.74, 6) is 0. The molecule has 2 fully saturated rings. The molecule has 4 heterocycles. The summed E-state index contributed by atoms with van der Waals surface area (Å²) in [7, 11) is -3.68. The first kappa shape index (κ1) is 37.6. The molecular weight excluding hydrogens is 693 g/mol. The summed E-state index contributed by atoms with van der Waals surface area (Å²) in [4.78, 5) is 36.0. The molecule has 0 unspecified atom stereocenters. The maximum absolute atomic E-state index is 13.1. The summed E-state index contributed by atoms with van der Waals surface area (Å²) in [5, 5.41) is 2.10. The first-order valence-corrected chi connectivity index (χ1v) is 19.5. The van der Waals surface area contributed by atoms with Crippen molar-refractivity contribution in [2.75, 3.05) is 62.2 Å². The third kappa shape index (κ3) is 8.73. The quantitative estimate of drug-likeness (QED) is 0.206. The van der Waals surface area contributed by atoms with Crippen molar-refractivity contribution in [3.8, 4) is 0 Å². The van der Waals surface area contributed by atoms with Gasteiger partial charge in [-0.15, -0.1) is 0 Å². The predicted octanol–water partition coefficient (Wildman–Crippen LogP) is 7.16. The number of benzene rings is 3. The predicted molar refractivity (Wildman–Crippen MR) is 209 cm³/mol. The number of aromatic amines is 1. The van der Waals surface area contributed by atoms with Gasteiger partial charge >= 0.3 is 12.2 Å². The lowest BCUT2D eigenvalue weighted by molar-refractivity contribution is 0.0230. The van der Waals surface area contributed by atoms with Crippen LogP contribution < -0.4 is 9.80 Å². The summed E-state index contributed by atoms with van der Waals surface area (Å²) < 4.78 is 38.5. The lowest BCUT2D eigenvalue weighted by Crippen LogP contribution is -2.50. The second kappa shape index (κ2) is 15.1. The van der Waals surface area contributed by atoms with E-state index in [4.69, 9.17) is 9.47 Å². The molecule has 0 spiro atoms. The van der Waals surface area contributed by atoms with Crippen LogP contribution in [0.25, 0.3) is 21.8 Å². The molecular formula is C40H50N6O6S. The number of hydrogen-bond donors (Lipinski definition) is 1. The van der Waals surface area contributed by atoms with Crippen LogP contribution in [0.1, 0.15) is 41.5 Å². The van der Waals surface area contributed by atoms with Gasteiger partial charge in [-0.1, -0.05) is 30.3 Å². The van der Waals surface area contributed by atoms with E-state index in [1.807, 2.05) is 72.0 Å². The van der Waals surface area contributed by atoms with Crippen molar-refractivity contribution >= 4 is 55.4 Å². The molecule has 2 aromatic heterocycles. The standard InChI is InChI=1S/C23H27N3O4S.C17H23N3O2/c1-23(2,3)30-22(27)25-16-14-24(15-17-25)20-10-7-11-21-19(20)12-13-26(21)31(28,29)18-8-5-4-6-9-18;1-17(2,3)22-16(21)20-11-9-19(10-12-20)15-6-4-5-14-13(15)7-8-18-14/h4-13H,14-17H2,1-3H3;4-8,18H,9-12H2,1-3H3. The molecule has 0 aliphatic carbocycles. The number of anilines is 2. The van der Waals surface area contributed by atoms with E-state index in [0.29, 0.717) is 44.8 Å². The van der Waals surface area contributed by atoms with E-state index < -0.39 is 21.2 Å². The number of nitrogens with one attached hydrogen (secondary N) is 1. The number of rotatable bonds is 4. The molecule has 2 amide bonds. The van der Waals surface area contributed by atoms with Gasteiger partial charge in [0.1, 0.15) is 11.2 Å². The number of aromatic nitrogens is 2. The van der Waals surface area contributed by atoms with E-state index >= 15 is 0 Å². The number of nitrogens with zero attached hydrogens (tertiary/aromatic N) is 5. The monoisotopic (exact) mass is 742 g/mol. The van der Waals surface area contributed by atoms with Crippen LogP contribution in [-0.2, 0) is 19.5 Å². The number of H-pyrrole nitrogens is 1. The molecule has 13 heteroatoms. The van der Waals surface area contributed by atoms with Crippen LogP contribution in [0.2, 0.25) is 0 Å². The highest BCUT2D eigenvalue weighted by Gasteiger charge is 2.28. The van der Waals surface area contributed by atoms with Gasteiger partial charge in [0.25, 0.3) is 10.0 Å². The first-order valence-electron chi connectivity index (χ1n) is 18.0. The summed E-state index contributed by atoms with van der Waals surface area (Å²) in [6, 6.07) is 24.3. The van der Waals surface area contributed by atoms with Crippen LogP contribution in [0.3, 0.4) is 0 Å². The van der Waals surface area contributed by atoms with Gasteiger partial charge in [0, 0.05) is 92.4 Å². The molecule has 1 N–H and O–H groups in total. The van der Waals surface area contributed by atoms with E-state index in [1.54, 1.807) is 46.3 Å². The Morgan fingerprint density at radius 3 is 1.64 bits per heavy atom. The summed E-state index contributed by atoms with van der Waals surface area (Å²) in [5.41, 5.74) is 3.01. The highest BCUT2D eigenvalue weighted by molar-refractivity contribution is 7.90. The molecule has 0 bridgehead atoms. The van der Waals surface area contributed by atoms with Crippen LogP contribution in [-0.4, -0.2) is 103 Å². The molecule has 2 saturated heterocycles. The second-order valence-corrected chi connectivity index (χ2v) is 17.1. The topological polar surface area (TPSA) is 120 Å². The fourth-order valence-electron chi connectivity index (χ4n) is 6.58. The van der Waals surface area contributed by atoms with E-state index in [9.17, 15) is 18.0 Å². The highest BCUT2D eigenvalue weighted by Crippen LogP contribution is 2.31. The maximum Gasteiger partial charge on any atom is 0.410 e. The highest BCUT2D eigenvalue weighted by atomic mass is 32.2. The molecule has 0 saturated carbocycles. The number of piperazine rings is 2. The van der Waals surface area contributed by atoms with Gasteiger partial charge in [-0.05, 0) is 90.1 Å². The van der Waals surface area contributed by atoms with Crippen molar-refractivity contribution in [1.29, 1.82) is 0 Å². The minimum Gasteiger partial charge on any atom is -0.444 e. The molecule has 282 valence electrons. The van der Waals surface area contributed by atoms with Crippen LogP contribution in [0.5, 0.6) is 0 Å². The zero-order valence-electron chi connectivity index (χ0n) is 31.4. The van der Waals surface area contributed by atoms with Gasteiger partial charge in [0.15, 0.2) is 0 Å². The Balaban J connectivity index is 0.000000192. The van der Waals surface area contributed by atoms with Crippen molar-refractivity contribution in [1.82, 2.24) is 18.8 Å². The fourth-order valence-corrected chi connectivity index (χ4v) is 7.94. The number of hydrogen-bond acceptors (Lipinski definition) is 8. The van der Waals surface area contributed by atoms with Crippen LogP contribution in [0.15, 0.2) is 96.2 Å². The molecule has 2 aliphatic heterocycles. The smallest absolute Gasteiger partial charge is 0.410 e. The number of amides is 2. The minimum atomic E-state index is -3.68. The van der Waals surface area contributed by atoms with E-state index in [0.717, 1.165) is 29.7 Å². The fraction of sp³-hybridized carbons (Fsp3) is 0.400. The van der Waals surface area contributed by atoms with Crippen molar-refractivity contribution < 1.29 is 27.5 Å². The number of carbonyl (C=O) groups is 2. The number of ether oxygens (including phenoxy) is 2. The Morgan fingerprint density at radius 1 is 0.604 bits per heavy atom. The van der Waals surface area contributed by atoms with Crippen molar-refractivity contribution in [3.63, 3.8) is 0 Å². The van der Waals surface area contributed by atoms with Crippen molar-refractivity contribution in [3.05, 3.63) is 91.3 Å². The van der Waals surface area contributed by atoms with Crippen molar-refractivity contribution in [2.24, 2.45) is 0 Å². The lowest BCUT2D eigenvalue weighted by atomic mass is 10.1. The summed E-state index contributed by atoms with van der Waals surface area (Å²) in [6.07, 6.45) is 3.05. The minimum absolute atomic E-state index is 0.216. The first-order chi connectivity index (χ1) is 25.1. The Hall–Kier alpha value is -5.17. The average molecular weight is 743 g/mol. The zero-order valence-corrected chi connectivity index (χ0v) is 32.2. The molecule has 5 aromatic rings. The Kier molecular flexibility index (Phi) is 10.7. The third-order valence-corrected chi connectivity index (χ3v) is 10.8. The van der Waals surface area contributed by atoms with Gasteiger partial charge in [0.2, 0.25) is 0 Å². The second-order valence-electron chi connectivity index (χ2n) is 15.3. The molecule has 7 rings (SSSR count). The van der Waals surface area contributed by atoms with Crippen LogP contribution in [0, 0.1) is 0 Å². The Labute approximate surface area is 311 Å². The largest absolute Gasteiger partial charge is 0.444 e. The van der Waals surface area contributed by atoms with Crippen molar-refractivity contribution in [2.45, 2.75) is 57.6 Å². The van der Waals surface area contributed by atoms with E-state index in [-0.39, 0.29) is 17.1 Å². The molecule has 0 radical (unpaired) electrons. The number of carbonyl (C=O) groups excluding carboxylic acids is 2. The van der Waals surface area contributed by atoms with Gasteiger partial charge in [-0.2, -0.15) is 0 Å². The summed E-state index contributed by atoms with van der Waals surface area (Å²) >= 11 is 0. The molecule has 2 aliphatic rings. The Bertz CT molecular complexity index is 2150. The lowest BCUT2D eigenvalue weighted by Gasteiger charge is -2.37. The Morgan fingerprint density at radius 2 is 1.11 bits per heavy atom. The van der Waals surface area contributed by atoms with Crippen LogP contribution in [0.4, 0.5) is 21.0 Å². The molecule has 3 aromatic carbocycles. The normalized spacial score (nSPS) is 15.7. The third-order valence-electron chi connectivity index (χ3n) is 9.09. The van der Waals surface area contributed by atoms with Gasteiger partial charge in [-0.3, -0.25) is 0 Å². The number of fused-ring (bicyclic) bond motifs is 2. The van der Waals surface area contributed by atoms with Gasteiger partial charge < -0.3 is 34.1 Å².